The van der Waals surface area contributed by atoms with Crippen molar-refractivity contribution in [2.75, 3.05) is 12.4 Å². The Hall–Kier alpha value is -1.09. The van der Waals surface area contributed by atoms with Gasteiger partial charge in [-0.2, -0.15) is 0 Å². The summed E-state index contributed by atoms with van der Waals surface area (Å²) < 4.78 is 0. The van der Waals surface area contributed by atoms with Crippen LogP contribution in [0.25, 0.3) is 0 Å². The van der Waals surface area contributed by atoms with Gasteiger partial charge in [-0.15, -0.1) is 11.6 Å². The van der Waals surface area contributed by atoms with Crippen molar-refractivity contribution in [3.8, 4) is 0 Å². The van der Waals surface area contributed by atoms with Crippen LogP contribution in [0.5, 0.6) is 0 Å². The molecule has 0 unspecified atom stereocenters. The number of alkyl halides is 1. The lowest BCUT2D eigenvalue weighted by Gasteiger charge is -2.34. The third kappa shape index (κ3) is 3.47. The van der Waals surface area contributed by atoms with Crippen LogP contribution < -0.4 is 0 Å². The maximum absolute atomic E-state index is 12.7. The van der Waals surface area contributed by atoms with Gasteiger partial charge in [0.1, 0.15) is 0 Å². The molecule has 2 rings (SSSR count). The number of pyridine rings is 1. The minimum atomic E-state index is 0.0816. The number of aryl methyl sites for hydroxylation is 1. The van der Waals surface area contributed by atoms with Gasteiger partial charge in [0.2, 0.25) is 0 Å². The quantitative estimate of drug-likeness (QED) is 0.792. The molecular formula is C15H21ClN2O. The predicted octanol–water partition coefficient (Wildman–Crippen LogP) is 3.40. The van der Waals surface area contributed by atoms with E-state index in [1.165, 1.54) is 19.3 Å². The van der Waals surface area contributed by atoms with E-state index in [1.54, 1.807) is 6.20 Å². The molecule has 0 aliphatic heterocycles. The third-order valence-corrected chi connectivity index (χ3v) is 4.01. The van der Waals surface area contributed by atoms with Crippen LogP contribution in [-0.2, 0) is 0 Å². The molecule has 3 nitrogen and oxygen atoms in total. The zero-order valence-corrected chi connectivity index (χ0v) is 12.2. The number of rotatable bonds is 4. The first-order chi connectivity index (χ1) is 9.24. The number of amides is 1. The van der Waals surface area contributed by atoms with Crippen LogP contribution in [0.1, 0.15) is 48.2 Å². The van der Waals surface area contributed by atoms with E-state index in [-0.39, 0.29) is 5.91 Å². The van der Waals surface area contributed by atoms with Gasteiger partial charge in [-0.25, -0.2) is 0 Å². The van der Waals surface area contributed by atoms with Crippen LogP contribution in [0, 0.1) is 6.92 Å². The highest BCUT2D eigenvalue weighted by Gasteiger charge is 2.26. The van der Waals surface area contributed by atoms with Gasteiger partial charge < -0.3 is 4.90 Å². The van der Waals surface area contributed by atoms with Crippen LogP contribution >= 0.6 is 11.6 Å². The summed E-state index contributed by atoms with van der Waals surface area (Å²) in [5, 5.41) is 0. The van der Waals surface area contributed by atoms with Gasteiger partial charge in [0.25, 0.3) is 5.91 Å². The smallest absolute Gasteiger partial charge is 0.255 e. The van der Waals surface area contributed by atoms with Crippen molar-refractivity contribution in [2.24, 2.45) is 0 Å². The molecule has 1 fully saturated rings. The zero-order valence-electron chi connectivity index (χ0n) is 11.4. The first kappa shape index (κ1) is 14.3. The van der Waals surface area contributed by atoms with Crippen LogP contribution in [0.3, 0.4) is 0 Å². The summed E-state index contributed by atoms with van der Waals surface area (Å²) in [7, 11) is 0. The number of hydrogen-bond donors (Lipinski definition) is 0. The first-order valence-electron chi connectivity index (χ1n) is 7.02. The highest BCUT2D eigenvalue weighted by molar-refractivity contribution is 6.18. The molecule has 0 saturated heterocycles. The molecule has 0 spiro atoms. The van der Waals surface area contributed by atoms with E-state index in [0.717, 1.165) is 18.5 Å². The van der Waals surface area contributed by atoms with Crippen molar-refractivity contribution in [1.29, 1.82) is 0 Å². The largest absolute Gasteiger partial charge is 0.334 e. The molecule has 1 saturated carbocycles. The molecule has 0 N–H and O–H groups in total. The third-order valence-electron chi connectivity index (χ3n) is 3.84. The Bertz CT molecular complexity index is 430. The molecule has 1 aromatic rings. The number of carbonyl (C=O) groups is 1. The normalized spacial score (nSPS) is 16.3. The molecule has 1 aromatic heterocycles. The van der Waals surface area contributed by atoms with Gasteiger partial charge in [0.15, 0.2) is 0 Å². The highest BCUT2D eigenvalue weighted by Crippen LogP contribution is 2.24. The van der Waals surface area contributed by atoms with Gasteiger partial charge in [0.05, 0.1) is 5.56 Å². The minimum absolute atomic E-state index is 0.0816. The second-order valence-corrected chi connectivity index (χ2v) is 5.49. The topological polar surface area (TPSA) is 33.2 Å². The summed E-state index contributed by atoms with van der Waals surface area (Å²) >= 11 is 5.88. The van der Waals surface area contributed by atoms with E-state index < -0.39 is 0 Å². The molecule has 1 amide bonds. The standard InChI is InChI=1S/C15H21ClN2O/c1-12-14(8-5-10-17-12)15(19)18(11-9-16)13-6-3-2-4-7-13/h5,8,10,13H,2-4,6-7,9,11H2,1H3. The molecule has 0 bridgehead atoms. The second-order valence-electron chi connectivity index (χ2n) is 5.12. The summed E-state index contributed by atoms with van der Waals surface area (Å²) in [5.74, 6) is 0.569. The molecule has 0 aromatic carbocycles. The Labute approximate surface area is 120 Å². The van der Waals surface area contributed by atoms with E-state index in [1.807, 2.05) is 24.0 Å². The van der Waals surface area contributed by atoms with Crippen molar-refractivity contribution in [2.45, 2.75) is 45.1 Å². The average Bonchev–Trinajstić information content (AvgIpc) is 2.45. The van der Waals surface area contributed by atoms with Gasteiger partial charge >= 0.3 is 0 Å². The molecule has 4 heteroatoms. The molecular weight excluding hydrogens is 260 g/mol. The fourth-order valence-corrected chi connectivity index (χ4v) is 2.98. The summed E-state index contributed by atoms with van der Waals surface area (Å²) in [6.45, 7) is 2.51. The van der Waals surface area contributed by atoms with Gasteiger partial charge in [-0.1, -0.05) is 19.3 Å². The van der Waals surface area contributed by atoms with Gasteiger partial charge in [-0.3, -0.25) is 9.78 Å². The van der Waals surface area contributed by atoms with Crippen LogP contribution in [0.15, 0.2) is 18.3 Å². The Kier molecular flexibility index (Phi) is 5.20. The number of aromatic nitrogens is 1. The second kappa shape index (κ2) is 6.90. The van der Waals surface area contributed by atoms with E-state index in [0.29, 0.717) is 24.0 Å². The predicted molar refractivity (Wildman–Crippen MR) is 77.6 cm³/mol. The first-order valence-corrected chi connectivity index (χ1v) is 7.56. The van der Waals surface area contributed by atoms with E-state index >= 15 is 0 Å². The summed E-state index contributed by atoms with van der Waals surface area (Å²) in [6.07, 6.45) is 7.62. The minimum Gasteiger partial charge on any atom is -0.334 e. The lowest BCUT2D eigenvalue weighted by molar-refractivity contribution is 0.0648. The Morgan fingerprint density at radius 3 is 2.79 bits per heavy atom. The summed E-state index contributed by atoms with van der Waals surface area (Å²) in [5.41, 5.74) is 1.50. The van der Waals surface area contributed by atoms with Crippen molar-refractivity contribution in [1.82, 2.24) is 9.88 Å². The number of hydrogen-bond acceptors (Lipinski definition) is 2. The maximum Gasteiger partial charge on any atom is 0.255 e. The number of carbonyl (C=O) groups excluding carboxylic acids is 1. The zero-order chi connectivity index (χ0) is 13.7. The lowest BCUT2D eigenvalue weighted by atomic mass is 9.93. The molecule has 0 radical (unpaired) electrons. The van der Waals surface area contributed by atoms with Crippen molar-refractivity contribution in [3.05, 3.63) is 29.6 Å². The Morgan fingerprint density at radius 2 is 2.16 bits per heavy atom. The van der Waals surface area contributed by atoms with Gasteiger partial charge in [-0.05, 0) is 31.9 Å². The van der Waals surface area contributed by atoms with E-state index in [4.69, 9.17) is 11.6 Å². The fourth-order valence-electron chi connectivity index (χ4n) is 2.80. The van der Waals surface area contributed by atoms with E-state index in [9.17, 15) is 4.79 Å². The number of halogens is 1. The lowest BCUT2D eigenvalue weighted by Crippen LogP contribution is -2.43. The fraction of sp³-hybridized carbons (Fsp3) is 0.600. The van der Waals surface area contributed by atoms with E-state index in [2.05, 4.69) is 4.98 Å². The molecule has 1 aliphatic carbocycles. The molecule has 19 heavy (non-hydrogen) atoms. The maximum atomic E-state index is 12.7. The molecule has 1 aliphatic rings. The van der Waals surface area contributed by atoms with Crippen LogP contribution in [0.4, 0.5) is 0 Å². The molecule has 0 atom stereocenters. The van der Waals surface area contributed by atoms with Crippen molar-refractivity contribution >= 4 is 17.5 Å². The van der Waals surface area contributed by atoms with Gasteiger partial charge in [0, 0.05) is 30.4 Å². The molecule has 104 valence electrons. The molecule has 1 heterocycles. The summed E-state index contributed by atoms with van der Waals surface area (Å²) in [4.78, 5) is 18.8. The summed E-state index contributed by atoms with van der Waals surface area (Å²) in [6, 6.07) is 4.02. The highest BCUT2D eigenvalue weighted by atomic mass is 35.5. The average molecular weight is 281 g/mol. The monoisotopic (exact) mass is 280 g/mol. The van der Waals surface area contributed by atoms with Crippen molar-refractivity contribution < 1.29 is 4.79 Å². The Morgan fingerprint density at radius 1 is 1.42 bits per heavy atom. The SMILES string of the molecule is Cc1ncccc1C(=O)N(CCCl)C1CCCCC1. The van der Waals surface area contributed by atoms with Crippen LogP contribution in [0.2, 0.25) is 0 Å². The number of nitrogens with zero attached hydrogens (tertiary/aromatic N) is 2. The van der Waals surface area contributed by atoms with Crippen molar-refractivity contribution in [3.63, 3.8) is 0 Å². The van der Waals surface area contributed by atoms with Crippen LogP contribution in [-0.4, -0.2) is 34.3 Å². The Balaban J connectivity index is 2.18.